The van der Waals surface area contributed by atoms with Crippen LogP contribution in [0.3, 0.4) is 0 Å². The molecule has 0 radical (unpaired) electrons. The standard InChI is InChI=1S/C38H46N2O6/c1-4-21-40(33-10-6-7-11-33)24-34-22-36(30-15-13-28(25-41)14-16-30)46-38(45-34)31-19-17-29(18-20-31)35-12-8-5-9-32(35)23-39-37(43)26(2)44-27(3)42/h4-5,8-9,12-20,26,33-34,36,38,41H,1,6-7,10-11,21-25H2,2-3H3,(H,39,43)/t26-,34+,36-,38-/m0/s1. The predicted molar refractivity (Wildman–Crippen MR) is 177 cm³/mol. The highest BCUT2D eigenvalue weighted by atomic mass is 16.7. The fourth-order valence-electron chi connectivity index (χ4n) is 6.51. The SMILES string of the molecule is C=CCN(C[C@H]1C[C@@H](c2ccc(CO)cc2)O[C@@H](c2ccc(-c3ccccc3CNC(=O)[C@H](C)OC(C)=O)cc2)O1)C1CCCC1. The fourth-order valence-corrected chi connectivity index (χ4v) is 6.51. The van der Waals surface area contributed by atoms with E-state index >= 15 is 0 Å². The Labute approximate surface area is 272 Å². The van der Waals surface area contributed by atoms with E-state index in [1.54, 1.807) is 6.92 Å². The lowest BCUT2D eigenvalue weighted by molar-refractivity contribution is -0.253. The number of hydrogen-bond donors (Lipinski definition) is 2. The third kappa shape index (κ3) is 8.70. The van der Waals surface area contributed by atoms with Crippen molar-refractivity contribution in [3.63, 3.8) is 0 Å². The summed E-state index contributed by atoms with van der Waals surface area (Å²) in [6.45, 7) is 8.82. The first kappa shape index (κ1) is 33.5. The monoisotopic (exact) mass is 626 g/mol. The molecule has 0 unspecified atom stereocenters. The van der Waals surface area contributed by atoms with Crippen LogP contribution in [0.4, 0.5) is 0 Å². The molecule has 5 rings (SSSR count). The van der Waals surface area contributed by atoms with E-state index in [-0.39, 0.29) is 24.7 Å². The molecule has 1 aliphatic heterocycles. The van der Waals surface area contributed by atoms with Crippen molar-refractivity contribution in [3.8, 4) is 11.1 Å². The maximum Gasteiger partial charge on any atom is 0.303 e. The molecule has 8 nitrogen and oxygen atoms in total. The maximum absolute atomic E-state index is 12.4. The minimum absolute atomic E-state index is 0.00726. The molecule has 46 heavy (non-hydrogen) atoms. The van der Waals surface area contributed by atoms with Crippen molar-refractivity contribution < 1.29 is 28.9 Å². The molecule has 2 fully saturated rings. The molecule has 8 heteroatoms. The third-order valence-electron chi connectivity index (χ3n) is 8.93. The van der Waals surface area contributed by atoms with Crippen molar-refractivity contribution in [2.24, 2.45) is 0 Å². The van der Waals surface area contributed by atoms with Gasteiger partial charge in [0.1, 0.15) is 0 Å². The second-order valence-electron chi connectivity index (χ2n) is 12.3. The van der Waals surface area contributed by atoms with E-state index in [2.05, 4.69) is 28.9 Å². The summed E-state index contributed by atoms with van der Waals surface area (Å²) in [6.07, 6.45) is 6.11. The van der Waals surface area contributed by atoms with Crippen LogP contribution in [0.15, 0.2) is 85.5 Å². The van der Waals surface area contributed by atoms with Crippen LogP contribution in [0.25, 0.3) is 11.1 Å². The second kappa shape index (κ2) is 16.1. The van der Waals surface area contributed by atoms with E-state index < -0.39 is 18.4 Å². The van der Waals surface area contributed by atoms with Gasteiger partial charge in [-0.25, -0.2) is 0 Å². The van der Waals surface area contributed by atoms with Gasteiger partial charge in [0.25, 0.3) is 5.91 Å². The van der Waals surface area contributed by atoms with Gasteiger partial charge in [0.2, 0.25) is 0 Å². The minimum atomic E-state index is -0.860. The first-order chi connectivity index (χ1) is 22.3. The Balaban J connectivity index is 1.34. The summed E-state index contributed by atoms with van der Waals surface area (Å²) in [5.74, 6) is -0.837. The van der Waals surface area contributed by atoms with Crippen LogP contribution in [0.1, 0.15) is 80.6 Å². The van der Waals surface area contributed by atoms with E-state index in [1.807, 2.05) is 66.7 Å². The molecule has 3 aromatic rings. The number of aliphatic hydroxyl groups excluding tert-OH is 1. The number of benzene rings is 3. The molecule has 1 heterocycles. The summed E-state index contributed by atoms with van der Waals surface area (Å²) in [6, 6.07) is 24.7. The van der Waals surface area contributed by atoms with E-state index in [4.69, 9.17) is 14.2 Å². The molecule has 1 amide bonds. The van der Waals surface area contributed by atoms with Gasteiger partial charge >= 0.3 is 5.97 Å². The summed E-state index contributed by atoms with van der Waals surface area (Å²) in [5, 5.41) is 12.4. The average molecular weight is 627 g/mol. The van der Waals surface area contributed by atoms with Gasteiger partial charge in [-0.2, -0.15) is 0 Å². The van der Waals surface area contributed by atoms with Crippen LogP contribution in [0.5, 0.6) is 0 Å². The second-order valence-corrected chi connectivity index (χ2v) is 12.3. The van der Waals surface area contributed by atoms with Crippen molar-refractivity contribution in [1.29, 1.82) is 0 Å². The van der Waals surface area contributed by atoms with Crippen LogP contribution in [0, 0.1) is 0 Å². The van der Waals surface area contributed by atoms with Crippen molar-refractivity contribution in [2.45, 2.75) is 89.7 Å². The molecule has 244 valence electrons. The number of carbonyl (C=O) groups is 2. The van der Waals surface area contributed by atoms with Gasteiger partial charge in [-0.05, 0) is 47.6 Å². The normalized spacial score (nSPS) is 20.7. The first-order valence-electron chi connectivity index (χ1n) is 16.3. The lowest BCUT2D eigenvalue weighted by Crippen LogP contribution is -2.43. The molecule has 1 saturated heterocycles. The summed E-state index contributed by atoms with van der Waals surface area (Å²) in [5.41, 5.74) is 5.82. The van der Waals surface area contributed by atoms with Gasteiger partial charge in [-0.1, -0.05) is 91.7 Å². The highest BCUT2D eigenvalue weighted by molar-refractivity contribution is 5.83. The zero-order chi connectivity index (χ0) is 32.5. The Morgan fingerprint density at radius 1 is 1.02 bits per heavy atom. The molecule has 1 aliphatic carbocycles. The molecule has 1 saturated carbocycles. The summed E-state index contributed by atoms with van der Waals surface area (Å²) in [7, 11) is 0. The van der Waals surface area contributed by atoms with Crippen LogP contribution in [-0.4, -0.2) is 53.2 Å². The predicted octanol–water partition coefficient (Wildman–Crippen LogP) is 6.39. The number of rotatable bonds is 13. The number of aliphatic hydroxyl groups is 1. The van der Waals surface area contributed by atoms with Gasteiger partial charge in [-0.15, -0.1) is 6.58 Å². The van der Waals surface area contributed by atoms with Crippen LogP contribution < -0.4 is 5.32 Å². The van der Waals surface area contributed by atoms with Gasteiger partial charge in [-0.3, -0.25) is 14.5 Å². The molecule has 0 bridgehead atoms. The third-order valence-corrected chi connectivity index (χ3v) is 8.93. The molecule has 3 aromatic carbocycles. The fraction of sp³-hybridized carbons (Fsp3) is 0.421. The summed E-state index contributed by atoms with van der Waals surface area (Å²) in [4.78, 5) is 26.2. The topological polar surface area (TPSA) is 97.3 Å². The molecular formula is C38H46N2O6. The summed E-state index contributed by atoms with van der Waals surface area (Å²) < 4.78 is 18.3. The number of hydrogen-bond acceptors (Lipinski definition) is 7. The van der Waals surface area contributed by atoms with Crippen molar-refractivity contribution >= 4 is 11.9 Å². The molecule has 0 spiro atoms. The number of carbonyl (C=O) groups excluding carboxylic acids is 2. The van der Waals surface area contributed by atoms with Gasteiger partial charge in [0.15, 0.2) is 12.4 Å². The Bertz CT molecular complexity index is 1450. The van der Waals surface area contributed by atoms with Crippen molar-refractivity contribution in [2.75, 3.05) is 13.1 Å². The minimum Gasteiger partial charge on any atom is -0.453 e. The summed E-state index contributed by atoms with van der Waals surface area (Å²) >= 11 is 0. The van der Waals surface area contributed by atoms with Crippen molar-refractivity contribution in [3.05, 3.63) is 108 Å². The van der Waals surface area contributed by atoms with E-state index in [1.165, 1.54) is 32.6 Å². The van der Waals surface area contributed by atoms with Crippen LogP contribution in [-0.2, 0) is 37.0 Å². The molecule has 0 aromatic heterocycles. The number of amides is 1. The van der Waals surface area contributed by atoms with E-state index in [0.29, 0.717) is 12.6 Å². The molecule has 2 aliphatic rings. The molecule has 2 N–H and O–H groups in total. The van der Waals surface area contributed by atoms with Crippen molar-refractivity contribution in [1.82, 2.24) is 10.2 Å². The Kier molecular flexibility index (Phi) is 11.8. The largest absolute Gasteiger partial charge is 0.453 e. The molecule has 4 atom stereocenters. The lowest BCUT2D eigenvalue weighted by Gasteiger charge is -2.39. The number of esters is 1. The number of nitrogens with zero attached hydrogens (tertiary/aromatic N) is 1. The number of ether oxygens (including phenoxy) is 3. The smallest absolute Gasteiger partial charge is 0.303 e. The highest BCUT2D eigenvalue weighted by Crippen LogP contribution is 2.39. The van der Waals surface area contributed by atoms with E-state index in [9.17, 15) is 14.7 Å². The van der Waals surface area contributed by atoms with Gasteiger partial charge in [0, 0.05) is 44.6 Å². The van der Waals surface area contributed by atoms with Gasteiger partial charge in [0.05, 0.1) is 18.8 Å². The zero-order valence-corrected chi connectivity index (χ0v) is 26.9. The Morgan fingerprint density at radius 3 is 2.39 bits per heavy atom. The van der Waals surface area contributed by atoms with Gasteiger partial charge < -0.3 is 24.6 Å². The first-order valence-corrected chi connectivity index (χ1v) is 16.3. The molecular weight excluding hydrogens is 580 g/mol. The lowest BCUT2D eigenvalue weighted by atomic mass is 9.97. The quantitative estimate of drug-likeness (QED) is 0.168. The number of nitrogens with one attached hydrogen (secondary N) is 1. The van der Waals surface area contributed by atoms with E-state index in [0.717, 1.165) is 52.9 Å². The Morgan fingerprint density at radius 2 is 1.72 bits per heavy atom. The van der Waals surface area contributed by atoms with Crippen LogP contribution in [0.2, 0.25) is 0 Å². The zero-order valence-electron chi connectivity index (χ0n) is 26.9. The average Bonchev–Trinajstić information content (AvgIpc) is 3.62. The highest BCUT2D eigenvalue weighted by Gasteiger charge is 2.34. The maximum atomic E-state index is 12.4. The van der Waals surface area contributed by atoms with Crippen LogP contribution >= 0.6 is 0 Å². The Hall–Kier alpha value is -3.82.